The predicted octanol–water partition coefficient (Wildman–Crippen LogP) is 6.31. The SMILES string of the molecule is Cc1cc(Br)ccc1N1C(=O)NC(=O)/C(=C/c2ccc(OCc3cccc(Cl)c3)c(Cl)c2)C1=O. The first-order valence-corrected chi connectivity index (χ1v) is 11.6. The van der Waals surface area contributed by atoms with Crippen molar-refractivity contribution in [3.8, 4) is 5.75 Å². The largest absolute Gasteiger partial charge is 0.487 e. The van der Waals surface area contributed by atoms with Gasteiger partial charge in [0.15, 0.2) is 0 Å². The molecular formula is C25H17BrCl2N2O4. The molecule has 1 saturated heterocycles. The maximum absolute atomic E-state index is 13.1. The summed E-state index contributed by atoms with van der Waals surface area (Å²) in [5.41, 5.74) is 2.26. The second kappa shape index (κ2) is 10.0. The van der Waals surface area contributed by atoms with Gasteiger partial charge in [-0.2, -0.15) is 0 Å². The second-order valence-corrected chi connectivity index (χ2v) is 9.26. The number of carbonyl (C=O) groups excluding carboxylic acids is 3. The number of hydrogen-bond donors (Lipinski definition) is 1. The van der Waals surface area contributed by atoms with Gasteiger partial charge in [0.05, 0.1) is 10.7 Å². The highest BCUT2D eigenvalue weighted by molar-refractivity contribution is 9.10. The molecule has 4 rings (SSSR count). The number of barbiturate groups is 1. The van der Waals surface area contributed by atoms with Crippen LogP contribution in [0.4, 0.5) is 10.5 Å². The topological polar surface area (TPSA) is 75.7 Å². The van der Waals surface area contributed by atoms with Crippen LogP contribution in [0, 0.1) is 6.92 Å². The van der Waals surface area contributed by atoms with E-state index in [-0.39, 0.29) is 12.2 Å². The minimum absolute atomic E-state index is 0.189. The molecular weight excluding hydrogens is 543 g/mol. The van der Waals surface area contributed by atoms with Gasteiger partial charge in [-0.25, -0.2) is 9.69 Å². The molecule has 0 spiro atoms. The van der Waals surface area contributed by atoms with Crippen molar-refractivity contribution in [2.24, 2.45) is 0 Å². The van der Waals surface area contributed by atoms with E-state index < -0.39 is 17.8 Å². The lowest BCUT2D eigenvalue weighted by Gasteiger charge is -2.27. The molecule has 1 N–H and O–H groups in total. The standard InChI is InChI=1S/C25H17BrCl2N2O4/c1-14-9-17(26)6-7-21(14)30-24(32)19(23(31)29-25(30)33)11-15-5-8-22(20(28)12-15)34-13-16-3-2-4-18(27)10-16/h2-12H,13H2,1H3,(H,29,31,33)/b19-11-. The van der Waals surface area contributed by atoms with Crippen LogP contribution in [0.5, 0.6) is 5.75 Å². The Morgan fingerprint density at radius 2 is 1.82 bits per heavy atom. The first kappa shape index (κ1) is 24.0. The Bertz CT molecular complexity index is 1360. The lowest BCUT2D eigenvalue weighted by atomic mass is 10.1. The van der Waals surface area contributed by atoms with Crippen molar-refractivity contribution in [2.75, 3.05) is 4.90 Å². The fourth-order valence-corrected chi connectivity index (χ4v) is 4.36. The summed E-state index contributed by atoms with van der Waals surface area (Å²) in [6.07, 6.45) is 1.39. The van der Waals surface area contributed by atoms with E-state index >= 15 is 0 Å². The maximum atomic E-state index is 13.1. The highest BCUT2D eigenvalue weighted by atomic mass is 79.9. The van der Waals surface area contributed by atoms with Crippen molar-refractivity contribution in [1.29, 1.82) is 0 Å². The Hall–Kier alpha value is -3.13. The van der Waals surface area contributed by atoms with E-state index in [1.165, 1.54) is 6.08 Å². The van der Waals surface area contributed by atoms with Crippen molar-refractivity contribution in [1.82, 2.24) is 5.32 Å². The van der Waals surface area contributed by atoms with Crippen LogP contribution >= 0.6 is 39.1 Å². The molecule has 0 atom stereocenters. The zero-order valence-electron chi connectivity index (χ0n) is 17.8. The lowest BCUT2D eigenvalue weighted by Crippen LogP contribution is -2.54. The van der Waals surface area contributed by atoms with Gasteiger partial charge in [0.25, 0.3) is 11.8 Å². The number of halogens is 3. The van der Waals surface area contributed by atoms with Gasteiger partial charge in [-0.3, -0.25) is 14.9 Å². The number of urea groups is 1. The monoisotopic (exact) mass is 558 g/mol. The fraction of sp³-hybridized carbons (Fsp3) is 0.0800. The third-order valence-corrected chi connectivity index (χ3v) is 6.08. The maximum Gasteiger partial charge on any atom is 0.335 e. The van der Waals surface area contributed by atoms with Crippen molar-refractivity contribution in [3.05, 3.63) is 97.4 Å². The molecule has 0 unspecified atom stereocenters. The molecule has 1 aliphatic rings. The third kappa shape index (κ3) is 5.17. The molecule has 0 radical (unpaired) electrons. The molecule has 0 saturated carbocycles. The highest BCUT2D eigenvalue weighted by Gasteiger charge is 2.37. The normalized spacial score (nSPS) is 15.0. The average Bonchev–Trinajstić information content (AvgIpc) is 2.77. The van der Waals surface area contributed by atoms with Gasteiger partial charge in [0, 0.05) is 9.50 Å². The summed E-state index contributed by atoms with van der Waals surface area (Å²) in [6, 6.07) is 16.5. The van der Waals surface area contributed by atoms with Crippen LogP contribution in [0.1, 0.15) is 16.7 Å². The van der Waals surface area contributed by atoms with E-state index in [0.717, 1.165) is 14.9 Å². The number of carbonyl (C=O) groups is 3. The molecule has 4 amide bonds. The molecule has 1 aliphatic heterocycles. The number of amides is 4. The summed E-state index contributed by atoms with van der Waals surface area (Å²) in [7, 11) is 0. The van der Waals surface area contributed by atoms with Gasteiger partial charge < -0.3 is 4.74 Å². The predicted molar refractivity (Wildman–Crippen MR) is 135 cm³/mol. The van der Waals surface area contributed by atoms with Crippen LogP contribution in [0.2, 0.25) is 10.0 Å². The van der Waals surface area contributed by atoms with Crippen LogP contribution < -0.4 is 15.0 Å². The van der Waals surface area contributed by atoms with Crippen LogP contribution in [0.3, 0.4) is 0 Å². The van der Waals surface area contributed by atoms with E-state index in [0.29, 0.717) is 32.6 Å². The number of anilines is 1. The highest BCUT2D eigenvalue weighted by Crippen LogP contribution is 2.30. The molecule has 6 nitrogen and oxygen atoms in total. The number of nitrogens with one attached hydrogen (secondary N) is 1. The van der Waals surface area contributed by atoms with Gasteiger partial charge in [-0.1, -0.05) is 57.3 Å². The van der Waals surface area contributed by atoms with E-state index in [9.17, 15) is 14.4 Å². The van der Waals surface area contributed by atoms with E-state index in [1.54, 1.807) is 55.5 Å². The van der Waals surface area contributed by atoms with Gasteiger partial charge >= 0.3 is 6.03 Å². The number of aryl methyl sites for hydroxylation is 1. The van der Waals surface area contributed by atoms with Crippen LogP contribution in [-0.2, 0) is 16.2 Å². The molecule has 172 valence electrons. The number of ether oxygens (including phenoxy) is 1. The van der Waals surface area contributed by atoms with Crippen LogP contribution in [0.25, 0.3) is 6.08 Å². The van der Waals surface area contributed by atoms with Crippen LogP contribution in [-0.4, -0.2) is 17.8 Å². The average molecular weight is 560 g/mol. The Kier molecular flexibility index (Phi) is 7.07. The molecule has 1 fully saturated rings. The number of rotatable bonds is 5. The summed E-state index contributed by atoms with van der Waals surface area (Å²) >= 11 is 15.7. The summed E-state index contributed by atoms with van der Waals surface area (Å²) < 4.78 is 6.57. The lowest BCUT2D eigenvalue weighted by molar-refractivity contribution is -0.122. The van der Waals surface area contributed by atoms with Gasteiger partial charge in [0.1, 0.15) is 17.9 Å². The summed E-state index contributed by atoms with van der Waals surface area (Å²) in [6.45, 7) is 2.04. The third-order valence-electron chi connectivity index (χ3n) is 5.05. The molecule has 9 heteroatoms. The molecule has 3 aromatic carbocycles. The molecule has 34 heavy (non-hydrogen) atoms. The van der Waals surface area contributed by atoms with Crippen molar-refractivity contribution >= 4 is 68.7 Å². The molecule has 0 bridgehead atoms. The van der Waals surface area contributed by atoms with E-state index in [1.807, 2.05) is 12.1 Å². The van der Waals surface area contributed by atoms with Gasteiger partial charge in [-0.05, 0) is 72.2 Å². The summed E-state index contributed by atoms with van der Waals surface area (Å²) in [5.74, 6) is -1.07. The minimum atomic E-state index is -0.805. The Balaban J connectivity index is 1.58. The second-order valence-electron chi connectivity index (χ2n) is 7.50. The van der Waals surface area contributed by atoms with E-state index in [4.69, 9.17) is 27.9 Å². The van der Waals surface area contributed by atoms with Crippen molar-refractivity contribution < 1.29 is 19.1 Å². The Morgan fingerprint density at radius 1 is 1.03 bits per heavy atom. The van der Waals surface area contributed by atoms with Crippen LogP contribution in [0.15, 0.2) is 70.7 Å². The minimum Gasteiger partial charge on any atom is -0.487 e. The number of nitrogens with zero attached hydrogens (tertiary/aromatic N) is 1. The van der Waals surface area contributed by atoms with E-state index in [2.05, 4.69) is 21.2 Å². The zero-order chi connectivity index (χ0) is 24.4. The first-order valence-electron chi connectivity index (χ1n) is 10.1. The molecule has 1 heterocycles. The smallest absolute Gasteiger partial charge is 0.335 e. The van der Waals surface area contributed by atoms with Crippen molar-refractivity contribution in [2.45, 2.75) is 13.5 Å². The summed E-state index contributed by atoms with van der Waals surface area (Å²) in [5, 5.41) is 3.13. The Morgan fingerprint density at radius 3 is 2.53 bits per heavy atom. The molecule has 0 aromatic heterocycles. The van der Waals surface area contributed by atoms with Crippen molar-refractivity contribution in [3.63, 3.8) is 0 Å². The molecule has 0 aliphatic carbocycles. The number of hydrogen-bond acceptors (Lipinski definition) is 4. The van der Waals surface area contributed by atoms with Gasteiger partial charge in [0.2, 0.25) is 0 Å². The number of benzene rings is 3. The van der Waals surface area contributed by atoms with Gasteiger partial charge in [-0.15, -0.1) is 0 Å². The fourth-order valence-electron chi connectivity index (χ4n) is 3.42. The Labute approximate surface area is 214 Å². The quantitative estimate of drug-likeness (QED) is 0.293. The zero-order valence-corrected chi connectivity index (χ0v) is 20.9. The summed E-state index contributed by atoms with van der Waals surface area (Å²) in [4.78, 5) is 39.0. The molecule has 3 aromatic rings. The number of imide groups is 2. The first-order chi connectivity index (χ1) is 16.2.